The van der Waals surface area contributed by atoms with Gasteiger partial charge in [0.05, 0.1) is 0 Å². The van der Waals surface area contributed by atoms with Gasteiger partial charge in [0.25, 0.3) is 0 Å². The number of rotatable bonds is 0. The van der Waals surface area contributed by atoms with Crippen LogP contribution >= 0.6 is 0 Å². The van der Waals surface area contributed by atoms with E-state index in [1.807, 2.05) is 0 Å². The molecule has 0 bridgehead atoms. The summed E-state index contributed by atoms with van der Waals surface area (Å²) in [6.45, 7) is 2.36. The van der Waals surface area contributed by atoms with Crippen molar-refractivity contribution in [3.63, 3.8) is 0 Å². The highest BCUT2D eigenvalue weighted by Crippen LogP contribution is 2.21. The maximum absolute atomic E-state index is 6.00. The van der Waals surface area contributed by atoms with Crippen LogP contribution in [0.5, 0.6) is 0 Å². The van der Waals surface area contributed by atoms with E-state index < -0.39 is 0 Å². The van der Waals surface area contributed by atoms with Crippen LogP contribution in [-0.4, -0.2) is 10.5 Å². The predicted molar refractivity (Wildman–Crippen MR) is 37.5 cm³/mol. The summed E-state index contributed by atoms with van der Waals surface area (Å²) in [6, 6.07) is 0. The molecule has 0 spiro atoms. The van der Waals surface area contributed by atoms with E-state index in [9.17, 15) is 0 Å². The van der Waals surface area contributed by atoms with Crippen LogP contribution in [0.15, 0.2) is 0 Å². The van der Waals surface area contributed by atoms with Crippen LogP contribution in [0.2, 0.25) is 0 Å². The summed E-state index contributed by atoms with van der Waals surface area (Å²) in [4.78, 5) is 0. The largest absolute Gasteiger partial charge is 0.255 e. The molecule has 0 aromatic carbocycles. The maximum atomic E-state index is 6.00. The molecule has 0 aromatic heterocycles. The molecule has 2 heteroatoms. The van der Waals surface area contributed by atoms with Crippen molar-refractivity contribution in [1.82, 2.24) is 0 Å². The van der Waals surface area contributed by atoms with Gasteiger partial charge >= 0.3 is 0 Å². The Labute approximate surface area is 56.4 Å². The predicted octanol–water partition coefficient (Wildman–Crippen LogP) is 2.60. The summed E-state index contributed by atoms with van der Waals surface area (Å²) in [5, 5.41) is 12.0. The van der Waals surface area contributed by atoms with E-state index in [-0.39, 0.29) is 0 Å². The average molecular weight is 132 g/mol. The standard InChI is InChI=1S/C7H14.H2O2/c1-7-5-3-2-4-6-7;1-2/h7H,2-6H2,1H3;1-2H. The van der Waals surface area contributed by atoms with Crippen LogP contribution in [0, 0.1) is 5.92 Å². The molecular weight excluding hydrogens is 116 g/mol. The fourth-order valence-corrected chi connectivity index (χ4v) is 1.31. The molecule has 0 aromatic rings. The first-order valence-corrected chi connectivity index (χ1v) is 3.59. The molecule has 1 rings (SSSR count). The summed E-state index contributed by atoms with van der Waals surface area (Å²) >= 11 is 0. The Bertz CT molecular complexity index is 48.9. The van der Waals surface area contributed by atoms with Gasteiger partial charge in [-0.25, -0.2) is 0 Å². The van der Waals surface area contributed by atoms with Gasteiger partial charge in [0.2, 0.25) is 0 Å². The minimum atomic E-state index is 1.04. The van der Waals surface area contributed by atoms with E-state index >= 15 is 0 Å². The molecular formula is C7H16O2. The van der Waals surface area contributed by atoms with Crippen LogP contribution in [0.3, 0.4) is 0 Å². The van der Waals surface area contributed by atoms with Crippen LogP contribution in [0.25, 0.3) is 0 Å². The quantitative estimate of drug-likeness (QED) is 0.393. The molecule has 0 saturated heterocycles. The van der Waals surface area contributed by atoms with Crippen LogP contribution in [0.1, 0.15) is 39.0 Å². The van der Waals surface area contributed by atoms with Gasteiger partial charge in [-0.05, 0) is 5.92 Å². The van der Waals surface area contributed by atoms with E-state index in [1.54, 1.807) is 0 Å². The van der Waals surface area contributed by atoms with Crippen molar-refractivity contribution in [2.24, 2.45) is 5.92 Å². The Hall–Kier alpha value is -0.0800. The van der Waals surface area contributed by atoms with E-state index in [1.165, 1.54) is 32.1 Å². The smallest absolute Gasteiger partial charge is 0.0443 e. The van der Waals surface area contributed by atoms with Gasteiger partial charge in [-0.2, -0.15) is 0 Å². The zero-order chi connectivity index (χ0) is 7.11. The zero-order valence-electron chi connectivity index (χ0n) is 6.01. The second-order valence-electron chi connectivity index (χ2n) is 2.74. The molecule has 0 aliphatic heterocycles. The highest BCUT2D eigenvalue weighted by atomic mass is 17.0. The fraction of sp³-hybridized carbons (Fsp3) is 1.00. The van der Waals surface area contributed by atoms with Crippen molar-refractivity contribution < 1.29 is 10.5 Å². The fourth-order valence-electron chi connectivity index (χ4n) is 1.31. The molecule has 1 aliphatic carbocycles. The number of hydrogen-bond acceptors (Lipinski definition) is 2. The minimum Gasteiger partial charge on any atom is -0.255 e. The first kappa shape index (κ1) is 8.92. The molecule has 1 fully saturated rings. The van der Waals surface area contributed by atoms with Gasteiger partial charge in [0.1, 0.15) is 0 Å². The second kappa shape index (κ2) is 6.05. The van der Waals surface area contributed by atoms with Crippen molar-refractivity contribution >= 4 is 0 Å². The lowest BCUT2D eigenvalue weighted by atomic mass is 9.91. The molecule has 9 heavy (non-hydrogen) atoms. The Morgan fingerprint density at radius 1 is 1.00 bits per heavy atom. The minimum absolute atomic E-state index is 1.04. The molecule has 0 heterocycles. The summed E-state index contributed by atoms with van der Waals surface area (Å²) in [7, 11) is 0. The average Bonchev–Trinajstić information content (AvgIpc) is 1.94. The molecule has 2 nitrogen and oxygen atoms in total. The summed E-state index contributed by atoms with van der Waals surface area (Å²) in [5.74, 6) is 1.04. The highest BCUT2D eigenvalue weighted by Gasteiger charge is 2.05. The van der Waals surface area contributed by atoms with Crippen molar-refractivity contribution in [3.05, 3.63) is 0 Å². The zero-order valence-corrected chi connectivity index (χ0v) is 6.01. The molecule has 2 N–H and O–H groups in total. The van der Waals surface area contributed by atoms with Crippen LogP contribution in [0.4, 0.5) is 0 Å². The van der Waals surface area contributed by atoms with Gasteiger partial charge in [-0.1, -0.05) is 39.0 Å². The van der Waals surface area contributed by atoms with E-state index in [0.29, 0.717) is 0 Å². The van der Waals surface area contributed by atoms with Gasteiger partial charge in [0, 0.05) is 0 Å². The Kier molecular flexibility index (Phi) is 5.99. The van der Waals surface area contributed by atoms with Gasteiger partial charge in [0.15, 0.2) is 0 Å². The maximum Gasteiger partial charge on any atom is -0.0443 e. The number of hydrogen-bond donors (Lipinski definition) is 2. The second-order valence-corrected chi connectivity index (χ2v) is 2.74. The molecule has 1 aliphatic rings. The SMILES string of the molecule is CC1CCCCC1.OO. The molecule has 56 valence electrons. The normalized spacial score (nSPS) is 20.3. The van der Waals surface area contributed by atoms with Gasteiger partial charge < -0.3 is 0 Å². The molecule has 0 atom stereocenters. The van der Waals surface area contributed by atoms with E-state index in [2.05, 4.69) is 6.92 Å². The third kappa shape index (κ3) is 4.43. The Balaban J connectivity index is 0.000000291. The van der Waals surface area contributed by atoms with Crippen molar-refractivity contribution in [1.29, 1.82) is 0 Å². The monoisotopic (exact) mass is 132 g/mol. The molecule has 0 unspecified atom stereocenters. The molecule has 1 saturated carbocycles. The van der Waals surface area contributed by atoms with Crippen molar-refractivity contribution in [2.75, 3.05) is 0 Å². The highest BCUT2D eigenvalue weighted by molar-refractivity contribution is 4.59. The third-order valence-electron chi connectivity index (χ3n) is 1.89. The van der Waals surface area contributed by atoms with E-state index in [4.69, 9.17) is 10.5 Å². The molecule has 0 radical (unpaired) electrons. The Morgan fingerprint density at radius 3 is 1.67 bits per heavy atom. The van der Waals surface area contributed by atoms with Crippen molar-refractivity contribution in [3.8, 4) is 0 Å². The first-order chi connectivity index (χ1) is 4.39. The van der Waals surface area contributed by atoms with Crippen LogP contribution in [-0.2, 0) is 0 Å². The Morgan fingerprint density at radius 2 is 1.44 bits per heavy atom. The third-order valence-corrected chi connectivity index (χ3v) is 1.89. The van der Waals surface area contributed by atoms with Crippen molar-refractivity contribution in [2.45, 2.75) is 39.0 Å². The topological polar surface area (TPSA) is 40.5 Å². The lowest BCUT2D eigenvalue weighted by Gasteiger charge is -2.15. The van der Waals surface area contributed by atoms with Gasteiger partial charge in [-0.3, -0.25) is 10.5 Å². The van der Waals surface area contributed by atoms with E-state index in [0.717, 1.165) is 5.92 Å². The molecule has 0 amide bonds. The summed E-state index contributed by atoms with van der Waals surface area (Å²) in [6.07, 6.45) is 7.44. The first-order valence-electron chi connectivity index (χ1n) is 3.59. The summed E-state index contributed by atoms with van der Waals surface area (Å²) < 4.78 is 0. The van der Waals surface area contributed by atoms with Gasteiger partial charge in [-0.15, -0.1) is 0 Å². The summed E-state index contributed by atoms with van der Waals surface area (Å²) in [5.41, 5.74) is 0. The lowest BCUT2D eigenvalue weighted by Crippen LogP contribution is -1.99. The lowest BCUT2D eigenvalue weighted by molar-refractivity contribution is -0.176. The van der Waals surface area contributed by atoms with Crippen LogP contribution < -0.4 is 0 Å².